The number of hydrogen-bond acceptors (Lipinski definition) is 4. The summed E-state index contributed by atoms with van der Waals surface area (Å²) >= 11 is 0. The van der Waals surface area contributed by atoms with Crippen LogP contribution in [0.25, 0.3) is 0 Å². The number of nitrogens with two attached hydrogens (primary N) is 1. The minimum Gasteiger partial charge on any atom is -0.479 e. The molecule has 0 heterocycles. The average Bonchev–Trinajstić information content (AvgIpc) is 2.25. The largest absolute Gasteiger partial charge is 0.479 e. The standard InChI is InChI=1S/C11H15NO5/c1-7-4-8(9(13)14)6-11(5-7,10(15)16)17-3-2-12/h4-5H,2-3,6,12H2,1H3,(H,13,14)(H,15,16). The molecule has 1 unspecified atom stereocenters. The summed E-state index contributed by atoms with van der Waals surface area (Å²) in [5.74, 6) is -2.35. The van der Waals surface area contributed by atoms with Gasteiger partial charge in [-0.25, -0.2) is 9.59 Å². The van der Waals surface area contributed by atoms with Crippen molar-refractivity contribution in [3.63, 3.8) is 0 Å². The van der Waals surface area contributed by atoms with Crippen LogP contribution in [-0.2, 0) is 14.3 Å². The molecule has 0 saturated heterocycles. The van der Waals surface area contributed by atoms with Gasteiger partial charge in [-0.2, -0.15) is 0 Å². The molecule has 0 amide bonds. The van der Waals surface area contributed by atoms with E-state index in [2.05, 4.69) is 0 Å². The molecule has 0 spiro atoms. The van der Waals surface area contributed by atoms with E-state index in [4.69, 9.17) is 15.6 Å². The van der Waals surface area contributed by atoms with Crippen molar-refractivity contribution in [3.8, 4) is 0 Å². The molecular formula is C11H15NO5. The molecule has 1 rings (SSSR count). The highest BCUT2D eigenvalue weighted by Gasteiger charge is 2.41. The summed E-state index contributed by atoms with van der Waals surface area (Å²) in [6.45, 7) is 1.86. The maximum Gasteiger partial charge on any atom is 0.340 e. The first-order valence-electron chi connectivity index (χ1n) is 5.12. The first-order valence-corrected chi connectivity index (χ1v) is 5.12. The van der Waals surface area contributed by atoms with Crippen molar-refractivity contribution >= 4 is 11.9 Å². The maximum absolute atomic E-state index is 11.3. The highest BCUT2D eigenvalue weighted by Crippen LogP contribution is 2.30. The van der Waals surface area contributed by atoms with Crippen molar-refractivity contribution in [1.82, 2.24) is 0 Å². The molecule has 6 nitrogen and oxygen atoms in total. The SMILES string of the molecule is CC1=CC(OCCN)(C(=O)O)CC(C(=O)O)=C1. The molecule has 0 aliphatic heterocycles. The Kier molecular flexibility index (Phi) is 4.03. The van der Waals surface area contributed by atoms with Crippen LogP contribution in [0.2, 0.25) is 0 Å². The van der Waals surface area contributed by atoms with Crippen molar-refractivity contribution in [2.24, 2.45) is 5.73 Å². The molecule has 0 aromatic carbocycles. The zero-order valence-electron chi connectivity index (χ0n) is 9.47. The first kappa shape index (κ1) is 13.4. The van der Waals surface area contributed by atoms with Gasteiger partial charge in [-0.15, -0.1) is 0 Å². The minimum atomic E-state index is -1.62. The second-order valence-electron chi connectivity index (χ2n) is 3.87. The number of carbonyl (C=O) groups is 2. The van der Waals surface area contributed by atoms with E-state index in [1.54, 1.807) is 6.92 Å². The Bertz CT molecular complexity index is 399. The maximum atomic E-state index is 11.3. The Hall–Kier alpha value is -1.66. The zero-order chi connectivity index (χ0) is 13.1. The lowest BCUT2D eigenvalue weighted by Gasteiger charge is -2.29. The van der Waals surface area contributed by atoms with Crippen LogP contribution in [0.15, 0.2) is 23.3 Å². The van der Waals surface area contributed by atoms with Crippen molar-refractivity contribution in [2.45, 2.75) is 18.9 Å². The van der Waals surface area contributed by atoms with Gasteiger partial charge in [0.2, 0.25) is 0 Å². The van der Waals surface area contributed by atoms with Gasteiger partial charge in [0.05, 0.1) is 6.61 Å². The molecular weight excluding hydrogens is 226 g/mol. The summed E-state index contributed by atoms with van der Waals surface area (Å²) in [6.07, 6.45) is 2.65. The monoisotopic (exact) mass is 241 g/mol. The van der Waals surface area contributed by atoms with E-state index < -0.39 is 17.5 Å². The van der Waals surface area contributed by atoms with Gasteiger partial charge < -0.3 is 20.7 Å². The third-order valence-electron chi connectivity index (χ3n) is 2.43. The van der Waals surface area contributed by atoms with E-state index in [0.717, 1.165) is 0 Å². The molecule has 0 radical (unpaired) electrons. The summed E-state index contributed by atoms with van der Waals surface area (Å²) in [5.41, 5.74) is 4.21. The van der Waals surface area contributed by atoms with Gasteiger partial charge in [-0.05, 0) is 19.1 Å². The molecule has 94 valence electrons. The fourth-order valence-electron chi connectivity index (χ4n) is 1.74. The Morgan fingerprint density at radius 1 is 1.53 bits per heavy atom. The van der Waals surface area contributed by atoms with E-state index in [1.807, 2.05) is 0 Å². The lowest BCUT2D eigenvalue weighted by Crippen LogP contribution is -2.43. The molecule has 0 saturated carbocycles. The molecule has 17 heavy (non-hydrogen) atoms. The topological polar surface area (TPSA) is 110 Å². The van der Waals surface area contributed by atoms with Crippen LogP contribution in [-0.4, -0.2) is 40.9 Å². The second kappa shape index (κ2) is 5.11. The van der Waals surface area contributed by atoms with E-state index in [0.29, 0.717) is 5.57 Å². The normalized spacial score (nSPS) is 23.9. The van der Waals surface area contributed by atoms with Gasteiger partial charge in [0.15, 0.2) is 5.60 Å². The van der Waals surface area contributed by atoms with Gasteiger partial charge in [0, 0.05) is 18.5 Å². The zero-order valence-corrected chi connectivity index (χ0v) is 9.47. The van der Waals surface area contributed by atoms with Crippen LogP contribution in [0.1, 0.15) is 13.3 Å². The second-order valence-corrected chi connectivity index (χ2v) is 3.87. The van der Waals surface area contributed by atoms with Crippen LogP contribution in [0.5, 0.6) is 0 Å². The van der Waals surface area contributed by atoms with E-state index in [1.165, 1.54) is 12.2 Å². The average molecular weight is 241 g/mol. The predicted molar refractivity (Wildman–Crippen MR) is 59.5 cm³/mol. The lowest BCUT2D eigenvalue weighted by atomic mass is 9.86. The van der Waals surface area contributed by atoms with Crippen molar-refractivity contribution < 1.29 is 24.5 Å². The Morgan fingerprint density at radius 3 is 2.65 bits per heavy atom. The van der Waals surface area contributed by atoms with Crippen LogP contribution in [0.4, 0.5) is 0 Å². The number of ether oxygens (including phenoxy) is 1. The highest BCUT2D eigenvalue weighted by molar-refractivity contribution is 5.91. The van der Waals surface area contributed by atoms with Gasteiger partial charge in [-0.3, -0.25) is 0 Å². The predicted octanol–water partition coefficient (Wildman–Crippen LogP) is 0.146. The summed E-state index contributed by atoms with van der Waals surface area (Å²) in [4.78, 5) is 22.2. The van der Waals surface area contributed by atoms with Crippen LogP contribution in [0, 0.1) is 0 Å². The molecule has 1 aliphatic carbocycles. The molecule has 0 fully saturated rings. The molecule has 1 atom stereocenters. The van der Waals surface area contributed by atoms with E-state index in [-0.39, 0.29) is 25.1 Å². The molecule has 6 heteroatoms. The van der Waals surface area contributed by atoms with Gasteiger partial charge in [0.1, 0.15) is 0 Å². The van der Waals surface area contributed by atoms with Crippen LogP contribution in [0.3, 0.4) is 0 Å². The number of rotatable bonds is 5. The summed E-state index contributed by atoms with van der Waals surface area (Å²) in [5, 5.41) is 18.1. The summed E-state index contributed by atoms with van der Waals surface area (Å²) in [6, 6.07) is 0. The number of allylic oxidation sites excluding steroid dienone is 2. The quantitative estimate of drug-likeness (QED) is 0.631. The van der Waals surface area contributed by atoms with Crippen molar-refractivity contribution in [1.29, 1.82) is 0 Å². The summed E-state index contributed by atoms with van der Waals surface area (Å²) in [7, 11) is 0. The Morgan fingerprint density at radius 2 is 2.18 bits per heavy atom. The molecule has 4 N–H and O–H groups in total. The number of hydrogen-bond donors (Lipinski definition) is 3. The first-order chi connectivity index (χ1) is 7.91. The van der Waals surface area contributed by atoms with Gasteiger partial charge >= 0.3 is 11.9 Å². The molecule has 0 aromatic heterocycles. The van der Waals surface area contributed by atoms with Crippen molar-refractivity contribution in [2.75, 3.05) is 13.2 Å². The third kappa shape index (κ3) is 2.92. The lowest BCUT2D eigenvalue weighted by molar-refractivity contribution is -0.159. The number of carboxylic acids is 2. The third-order valence-corrected chi connectivity index (χ3v) is 2.43. The van der Waals surface area contributed by atoms with Gasteiger partial charge in [0.25, 0.3) is 0 Å². The number of aliphatic carboxylic acids is 2. The minimum absolute atomic E-state index is 0.0180. The smallest absolute Gasteiger partial charge is 0.340 e. The fraction of sp³-hybridized carbons (Fsp3) is 0.455. The molecule has 0 bridgehead atoms. The Labute approximate surface area is 98.4 Å². The van der Waals surface area contributed by atoms with Crippen LogP contribution < -0.4 is 5.73 Å². The molecule has 1 aliphatic rings. The van der Waals surface area contributed by atoms with Crippen LogP contribution >= 0.6 is 0 Å². The Balaban J connectivity index is 3.05. The summed E-state index contributed by atoms with van der Waals surface area (Å²) < 4.78 is 5.23. The molecule has 0 aromatic rings. The van der Waals surface area contributed by atoms with Crippen molar-refractivity contribution in [3.05, 3.63) is 23.3 Å². The van der Waals surface area contributed by atoms with E-state index in [9.17, 15) is 14.7 Å². The van der Waals surface area contributed by atoms with E-state index >= 15 is 0 Å². The number of carboxylic acid groups (broad SMARTS) is 2. The fourth-order valence-corrected chi connectivity index (χ4v) is 1.74. The van der Waals surface area contributed by atoms with Gasteiger partial charge in [-0.1, -0.05) is 5.57 Å². The highest BCUT2D eigenvalue weighted by atomic mass is 16.5.